The van der Waals surface area contributed by atoms with Crippen molar-refractivity contribution in [2.24, 2.45) is 0 Å². The molecule has 0 saturated heterocycles. The number of esters is 1. The zero-order chi connectivity index (χ0) is 21.8. The summed E-state index contributed by atoms with van der Waals surface area (Å²) in [6, 6.07) is 9.04. The van der Waals surface area contributed by atoms with Crippen molar-refractivity contribution in [2.75, 3.05) is 25.0 Å². The molecule has 1 aromatic heterocycles. The summed E-state index contributed by atoms with van der Waals surface area (Å²) < 4.78 is 7.38. The first-order valence-electron chi connectivity index (χ1n) is 10.4. The molecular formula is C23H29N3O4. The molecule has 30 heavy (non-hydrogen) atoms. The third kappa shape index (κ3) is 4.72. The minimum atomic E-state index is -0.504. The number of hydrogen-bond donors (Lipinski definition) is 1. The van der Waals surface area contributed by atoms with Crippen LogP contribution in [-0.2, 0) is 9.53 Å². The minimum Gasteiger partial charge on any atom is -0.452 e. The first-order chi connectivity index (χ1) is 14.3. The average molecular weight is 412 g/mol. The maximum Gasteiger partial charge on any atom is 0.340 e. The molecule has 1 heterocycles. The number of nitrogens with one attached hydrogen (secondary N) is 1. The van der Waals surface area contributed by atoms with Crippen LogP contribution >= 0.6 is 0 Å². The van der Waals surface area contributed by atoms with E-state index in [2.05, 4.69) is 9.88 Å². The van der Waals surface area contributed by atoms with Crippen molar-refractivity contribution >= 4 is 23.5 Å². The monoisotopic (exact) mass is 411 g/mol. The maximum atomic E-state index is 12.5. The highest BCUT2D eigenvalue weighted by Crippen LogP contribution is 2.38. The molecular weight excluding hydrogens is 382 g/mol. The van der Waals surface area contributed by atoms with Crippen molar-refractivity contribution in [1.82, 2.24) is 9.47 Å². The van der Waals surface area contributed by atoms with Crippen LogP contribution in [0, 0.1) is 13.8 Å². The van der Waals surface area contributed by atoms with E-state index in [-0.39, 0.29) is 12.5 Å². The molecule has 0 atom stereocenters. The van der Waals surface area contributed by atoms with Crippen molar-refractivity contribution < 1.29 is 19.1 Å². The summed E-state index contributed by atoms with van der Waals surface area (Å²) in [5, 5.41) is 2.69. The van der Waals surface area contributed by atoms with Crippen LogP contribution in [0.15, 0.2) is 30.3 Å². The van der Waals surface area contributed by atoms with Gasteiger partial charge >= 0.3 is 5.97 Å². The summed E-state index contributed by atoms with van der Waals surface area (Å²) in [6.45, 7) is 8.56. The molecule has 0 radical (unpaired) electrons. The molecule has 3 rings (SSSR count). The van der Waals surface area contributed by atoms with E-state index >= 15 is 0 Å². The number of amides is 2. The van der Waals surface area contributed by atoms with Gasteiger partial charge in [-0.2, -0.15) is 0 Å². The Hall–Kier alpha value is -3.09. The lowest BCUT2D eigenvalue weighted by Crippen LogP contribution is -2.30. The third-order valence-electron chi connectivity index (χ3n) is 5.39. The van der Waals surface area contributed by atoms with E-state index in [0.29, 0.717) is 35.9 Å². The van der Waals surface area contributed by atoms with Gasteiger partial charge in [0.1, 0.15) is 0 Å². The summed E-state index contributed by atoms with van der Waals surface area (Å²) in [5.41, 5.74) is 3.39. The molecule has 0 aliphatic heterocycles. The van der Waals surface area contributed by atoms with E-state index in [1.165, 1.54) is 0 Å². The number of rotatable bonds is 8. The molecule has 2 aromatic rings. The summed E-state index contributed by atoms with van der Waals surface area (Å²) in [6.07, 6.45) is 2.26. The molecule has 1 aliphatic carbocycles. The fraction of sp³-hybridized carbons (Fsp3) is 0.435. The first kappa shape index (κ1) is 21.6. The number of carbonyl (C=O) groups excluding carboxylic acids is 3. The molecule has 0 bridgehead atoms. The van der Waals surface area contributed by atoms with Crippen molar-refractivity contribution in [1.29, 1.82) is 0 Å². The van der Waals surface area contributed by atoms with Crippen LogP contribution in [0.25, 0.3) is 0 Å². The lowest BCUT2D eigenvalue weighted by Gasteiger charge is -2.19. The number of nitrogens with zero attached hydrogens (tertiary/aromatic N) is 2. The zero-order valence-corrected chi connectivity index (χ0v) is 18.0. The predicted octanol–water partition coefficient (Wildman–Crippen LogP) is 3.72. The SMILES string of the molecule is CCN(CC)C(=O)c1cccc(NC(=O)COC(=O)c2cc(C)n(C3CC3)c2C)c1. The number of ether oxygens (including phenoxy) is 1. The lowest BCUT2D eigenvalue weighted by molar-refractivity contribution is -0.119. The van der Waals surface area contributed by atoms with Crippen LogP contribution in [0.2, 0.25) is 0 Å². The number of hydrogen-bond acceptors (Lipinski definition) is 4. The number of carbonyl (C=O) groups is 3. The Bertz CT molecular complexity index is 955. The molecule has 0 unspecified atom stereocenters. The second-order valence-corrected chi connectivity index (χ2v) is 7.57. The predicted molar refractivity (Wildman–Crippen MR) is 115 cm³/mol. The zero-order valence-electron chi connectivity index (χ0n) is 18.0. The highest BCUT2D eigenvalue weighted by molar-refractivity contribution is 5.98. The topological polar surface area (TPSA) is 80.6 Å². The van der Waals surface area contributed by atoms with Gasteiger partial charge in [-0.1, -0.05) is 6.07 Å². The highest BCUT2D eigenvalue weighted by Gasteiger charge is 2.28. The van der Waals surface area contributed by atoms with Crippen LogP contribution in [-0.4, -0.2) is 46.9 Å². The Kier molecular flexibility index (Phi) is 6.59. The summed E-state index contributed by atoms with van der Waals surface area (Å²) in [4.78, 5) is 38.9. The molecule has 0 spiro atoms. The lowest BCUT2D eigenvalue weighted by atomic mass is 10.1. The average Bonchev–Trinajstić information content (AvgIpc) is 3.51. The Morgan fingerprint density at radius 2 is 1.83 bits per heavy atom. The number of aromatic nitrogens is 1. The summed E-state index contributed by atoms with van der Waals surface area (Å²) >= 11 is 0. The molecule has 1 fully saturated rings. The molecule has 1 aliphatic rings. The van der Waals surface area contributed by atoms with Gasteiger partial charge in [0.2, 0.25) is 0 Å². The normalized spacial score (nSPS) is 13.1. The minimum absolute atomic E-state index is 0.0893. The van der Waals surface area contributed by atoms with Gasteiger partial charge < -0.3 is 19.5 Å². The Morgan fingerprint density at radius 1 is 1.13 bits per heavy atom. The van der Waals surface area contributed by atoms with Gasteiger partial charge in [-0.25, -0.2) is 4.79 Å². The number of anilines is 1. The van der Waals surface area contributed by atoms with E-state index in [4.69, 9.17) is 4.74 Å². The molecule has 7 nitrogen and oxygen atoms in total. The summed E-state index contributed by atoms with van der Waals surface area (Å²) in [7, 11) is 0. The van der Waals surface area contributed by atoms with E-state index < -0.39 is 11.9 Å². The van der Waals surface area contributed by atoms with Crippen LogP contribution in [0.5, 0.6) is 0 Å². The van der Waals surface area contributed by atoms with E-state index in [1.807, 2.05) is 33.8 Å². The van der Waals surface area contributed by atoms with Gasteiger partial charge in [-0.05, 0) is 64.8 Å². The largest absolute Gasteiger partial charge is 0.452 e. The molecule has 1 saturated carbocycles. The van der Waals surface area contributed by atoms with Gasteiger partial charge in [0.25, 0.3) is 11.8 Å². The van der Waals surface area contributed by atoms with Gasteiger partial charge in [0.15, 0.2) is 6.61 Å². The van der Waals surface area contributed by atoms with Gasteiger partial charge in [-0.15, -0.1) is 0 Å². The van der Waals surface area contributed by atoms with Crippen LogP contribution in [0.3, 0.4) is 0 Å². The fourth-order valence-electron chi connectivity index (χ4n) is 3.71. The molecule has 2 amide bonds. The Labute approximate surface area is 177 Å². The highest BCUT2D eigenvalue weighted by atomic mass is 16.5. The maximum absolute atomic E-state index is 12.5. The van der Waals surface area contributed by atoms with Crippen LogP contribution in [0.4, 0.5) is 5.69 Å². The Balaban J connectivity index is 1.59. The van der Waals surface area contributed by atoms with Crippen LogP contribution < -0.4 is 5.32 Å². The Morgan fingerprint density at radius 3 is 2.47 bits per heavy atom. The quantitative estimate of drug-likeness (QED) is 0.672. The third-order valence-corrected chi connectivity index (χ3v) is 5.39. The molecule has 160 valence electrons. The van der Waals surface area contributed by atoms with E-state index in [0.717, 1.165) is 24.2 Å². The van der Waals surface area contributed by atoms with E-state index in [9.17, 15) is 14.4 Å². The second-order valence-electron chi connectivity index (χ2n) is 7.57. The molecule has 1 aromatic carbocycles. The first-order valence-corrected chi connectivity index (χ1v) is 10.4. The van der Waals surface area contributed by atoms with Crippen LogP contribution in [0.1, 0.15) is 64.8 Å². The van der Waals surface area contributed by atoms with Crippen molar-refractivity contribution in [3.05, 3.63) is 52.8 Å². The van der Waals surface area contributed by atoms with E-state index in [1.54, 1.807) is 29.2 Å². The van der Waals surface area contributed by atoms with Crippen molar-refractivity contribution in [2.45, 2.75) is 46.6 Å². The summed E-state index contributed by atoms with van der Waals surface area (Å²) in [5.74, 6) is -1.05. The number of aryl methyl sites for hydroxylation is 1. The molecule has 1 N–H and O–H groups in total. The standard InChI is InChI=1S/C23H29N3O4/c1-5-25(6-2)22(28)17-8-7-9-18(13-17)24-21(27)14-30-23(29)20-12-15(3)26(16(20)4)19-10-11-19/h7-9,12-13,19H,5-6,10-11,14H2,1-4H3,(H,24,27). The van der Waals surface area contributed by atoms with Gasteiger partial charge in [0.05, 0.1) is 5.56 Å². The van der Waals surface area contributed by atoms with Crippen molar-refractivity contribution in [3.63, 3.8) is 0 Å². The smallest absolute Gasteiger partial charge is 0.340 e. The van der Waals surface area contributed by atoms with Crippen molar-refractivity contribution in [3.8, 4) is 0 Å². The van der Waals surface area contributed by atoms with Gasteiger partial charge in [-0.3, -0.25) is 9.59 Å². The second kappa shape index (κ2) is 9.15. The fourth-order valence-corrected chi connectivity index (χ4v) is 3.71. The molecule has 7 heteroatoms. The number of benzene rings is 1. The van der Waals surface area contributed by atoms with Gasteiger partial charge in [0, 0.05) is 41.8 Å².